The quantitative estimate of drug-likeness (QED) is 0.692. The normalized spacial score (nSPS) is 10.7. The van der Waals surface area contributed by atoms with Gasteiger partial charge < -0.3 is 4.74 Å². The number of hydrogen-bond acceptors (Lipinski definition) is 2. The number of carbonyl (C=O) groups is 1. The number of carbonyl (C=O) groups excluding carboxylic acids is 1. The van der Waals surface area contributed by atoms with Crippen LogP contribution in [-0.4, -0.2) is 6.29 Å². The van der Waals surface area contributed by atoms with Crippen molar-refractivity contribution in [3.05, 3.63) is 57.6 Å². The Morgan fingerprint density at radius 2 is 1.85 bits per heavy atom. The standard InChI is InChI=1S/C17H17BrO2/c1-11(2)13-5-4-12(3)16(8-13)20-17-9-15(18)7-6-14(17)10-19/h4-11H,1-3H3. The van der Waals surface area contributed by atoms with Gasteiger partial charge in [0.2, 0.25) is 0 Å². The second kappa shape index (κ2) is 6.23. The number of aldehydes is 1. The molecule has 0 amide bonds. The summed E-state index contributed by atoms with van der Waals surface area (Å²) in [6, 6.07) is 11.6. The molecule has 2 aromatic rings. The Bertz CT molecular complexity index is 633. The van der Waals surface area contributed by atoms with E-state index in [1.54, 1.807) is 6.07 Å². The molecule has 0 saturated heterocycles. The van der Waals surface area contributed by atoms with Crippen molar-refractivity contribution >= 4 is 22.2 Å². The summed E-state index contributed by atoms with van der Waals surface area (Å²) in [5, 5.41) is 0. The Hall–Kier alpha value is -1.61. The number of aryl methyl sites for hydroxylation is 1. The third-order valence-electron chi connectivity index (χ3n) is 3.20. The predicted octanol–water partition coefficient (Wildman–Crippen LogP) is 5.49. The Balaban J connectivity index is 2.41. The smallest absolute Gasteiger partial charge is 0.153 e. The van der Waals surface area contributed by atoms with Crippen molar-refractivity contribution in [3.8, 4) is 11.5 Å². The Morgan fingerprint density at radius 1 is 1.10 bits per heavy atom. The number of ether oxygens (including phenoxy) is 1. The van der Waals surface area contributed by atoms with Crippen molar-refractivity contribution in [1.29, 1.82) is 0 Å². The van der Waals surface area contributed by atoms with Crippen molar-refractivity contribution in [1.82, 2.24) is 0 Å². The van der Waals surface area contributed by atoms with E-state index >= 15 is 0 Å². The zero-order valence-corrected chi connectivity index (χ0v) is 13.4. The minimum atomic E-state index is 0.436. The monoisotopic (exact) mass is 332 g/mol. The fourth-order valence-electron chi connectivity index (χ4n) is 1.90. The molecule has 2 nitrogen and oxygen atoms in total. The van der Waals surface area contributed by atoms with Gasteiger partial charge in [0.25, 0.3) is 0 Å². The molecule has 3 heteroatoms. The van der Waals surface area contributed by atoms with Crippen molar-refractivity contribution in [2.24, 2.45) is 0 Å². The van der Waals surface area contributed by atoms with Crippen LogP contribution in [-0.2, 0) is 0 Å². The first-order chi connectivity index (χ1) is 9.51. The SMILES string of the molecule is Cc1ccc(C(C)C)cc1Oc1cc(Br)ccc1C=O. The number of hydrogen-bond donors (Lipinski definition) is 0. The molecule has 0 unspecified atom stereocenters. The van der Waals surface area contributed by atoms with Crippen LogP contribution in [0, 0.1) is 6.92 Å². The van der Waals surface area contributed by atoms with Gasteiger partial charge in [0, 0.05) is 4.47 Å². The summed E-state index contributed by atoms with van der Waals surface area (Å²) >= 11 is 3.40. The van der Waals surface area contributed by atoms with Gasteiger partial charge in [-0.1, -0.05) is 41.9 Å². The molecule has 0 aliphatic heterocycles. The second-order valence-corrected chi connectivity index (χ2v) is 6.00. The maximum atomic E-state index is 11.1. The van der Waals surface area contributed by atoms with Gasteiger partial charge in [-0.15, -0.1) is 0 Å². The first-order valence-electron chi connectivity index (χ1n) is 6.54. The maximum absolute atomic E-state index is 11.1. The highest BCUT2D eigenvalue weighted by molar-refractivity contribution is 9.10. The number of benzene rings is 2. The van der Waals surface area contributed by atoms with Crippen LogP contribution in [0.25, 0.3) is 0 Å². The molecule has 0 saturated carbocycles. The van der Waals surface area contributed by atoms with E-state index in [1.165, 1.54) is 5.56 Å². The lowest BCUT2D eigenvalue weighted by molar-refractivity contribution is 0.112. The van der Waals surface area contributed by atoms with E-state index < -0.39 is 0 Å². The Morgan fingerprint density at radius 3 is 2.50 bits per heavy atom. The summed E-state index contributed by atoms with van der Waals surface area (Å²) in [5.74, 6) is 1.79. The largest absolute Gasteiger partial charge is 0.456 e. The van der Waals surface area contributed by atoms with Crippen LogP contribution in [0.4, 0.5) is 0 Å². The molecule has 0 spiro atoms. The molecule has 0 N–H and O–H groups in total. The van der Waals surface area contributed by atoms with Gasteiger partial charge in [-0.2, -0.15) is 0 Å². The highest BCUT2D eigenvalue weighted by Gasteiger charge is 2.09. The molecular formula is C17H17BrO2. The first-order valence-corrected chi connectivity index (χ1v) is 7.33. The van der Waals surface area contributed by atoms with Crippen molar-refractivity contribution < 1.29 is 9.53 Å². The van der Waals surface area contributed by atoms with Gasteiger partial charge in [0.15, 0.2) is 6.29 Å². The molecular weight excluding hydrogens is 316 g/mol. The molecule has 0 fully saturated rings. The molecule has 0 atom stereocenters. The molecule has 2 rings (SSSR count). The Labute approximate surface area is 127 Å². The van der Waals surface area contributed by atoms with Crippen molar-refractivity contribution in [2.75, 3.05) is 0 Å². The average molecular weight is 333 g/mol. The van der Waals surface area contributed by atoms with E-state index in [1.807, 2.05) is 31.2 Å². The summed E-state index contributed by atoms with van der Waals surface area (Å²) in [5.41, 5.74) is 2.81. The molecule has 0 radical (unpaired) electrons. The summed E-state index contributed by atoms with van der Waals surface area (Å²) in [4.78, 5) is 11.1. The fourth-order valence-corrected chi connectivity index (χ4v) is 2.24. The molecule has 0 aliphatic carbocycles. The van der Waals surface area contributed by atoms with E-state index in [4.69, 9.17) is 4.74 Å². The van der Waals surface area contributed by atoms with E-state index in [0.717, 1.165) is 22.1 Å². The minimum Gasteiger partial charge on any atom is -0.456 e. The lowest BCUT2D eigenvalue weighted by Crippen LogP contribution is -1.95. The predicted molar refractivity (Wildman–Crippen MR) is 84.9 cm³/mol. The lowest BCUT2D eigenvalue weighted by Gasteiger charge is -2.14. The highest BCUT2D eigenvalue weighted by Crippen LogP contribution is 2.31. The molecule has 0 aromatic heterocycles. The maximum Gasteiger partial charge on any atom is 0.153 e. The third kappa shape index (κ3) is 3.28. The van der Waals surface area contributed by atoms with E-state index in [0.29, 0.717) is 17.2 Å². The summed E-state index contributed by atoms with van der Waals surface area (Å²) in [6.07, 6.45) is 0.809. The summed E-state index contributed by atoms with van der Waals surface area (Å²) in [7, 11) is 0. The molecule has 104 valence electrons. The molecule has 0 heterocycles. The van der Waals surface area contributed by atoms with E-state index in [2.05, 4.69) is 35.8 Å². The average Bonchev–Trinajstić information content (AvgIpc) is 2.41. The van der Waals surface area contributed by atoms with Crippen molar-refractivity contribution in [2.45, 2.75) is 26.7 Å². The molecule has 2 aromatic carbocycles. The van der Waals surface area contributed by atoms with Crippen LogP contribution in [0.1, 0.15) is 41.3 Å². The van der Waals surface area contributed by atoms with E-state index in [-0.39, 0.29) is 0 Å². The molecule has 0 bridgehead atoms. The van der Waals surface area contributed by atoms with Crippen LogP contribution in [0.2, 0.25) is 0 Å². The van der Waals surface area contributed by atoms with Crippen LogP contribution < -0.4 is 4.74 Å². The van der Waals surface area contributed by atoms with E-state index in [9.17, 15) is 4.79 Å². The van der Waals surface area contributed by atoms with Crippen molar-refractivity contribution in [3.63, 3.8) is 0 Å². The number of rotatable bonds is 4. The first kappa shape index (κ1) is 14.8. The molecule has 0 aliphatic rings. The lowest BCUT2D eigenvalue weighted by atomic mass is 10.0. The highest BCUT2D eigenvalue weighted by atomic mass is 79.9. The van der Waals surface area contributed by atoms with Gasteiger partial charge in [-0.25, -0.2) is 0 Å². The third-order valence-corrected chi connectivity index (χ3v) is 3.69. The van der Waals surface area contributed by atoms with Gasteiger partial charge in [-0.3, -0.25) is 4.79 Å². The zero-order chi connectivity index (χ0) is 14.7. The second-order valence-electron chi connectivity index (χ2n) is 5.08. The molecule has 20 heavy (non-hydrogen) atoms. The van der Waals surface area contributed by atoms with Gasteiger partial charge in [0.05, 0.1) is 5.56 Å². The van der Waals surface area contributed by atoms with Gasteiger partial charge in [0.1, 0.15) is 11.5 Å². The number of halogens is 1. The van der Waals surface area contributed by atoms with Crippen LogP contribution in [0.3, 0.4) is 0 Å². The van der Waals surface area contributed by atoms with Crippen LogP contribution in [0.5, 0.6) is 11.5 Å². The topological polar surface area (TPSA) is 26.3 Å². The Kier molecular flexibility index (Phi) is 4.61. The fraction of sp³-hybridized carbons (Fsp3) is 0.235. The summed E-state index contributed by atoms with van der Waals surface area (Å²) in [6.45, 7) is 6.28. The van der Waals surface area contributed by atoms with Gasteiger partial charge in [-0.05, 0) is 48.2 Å². The minimum absolute atomic E-state index is 0.436. The van der Waals surface area contributed by atoms with Crippen LogP contribution >= 0.6 is 15.9 Å². The van der Waals surface area contributed by atoms with Crippen LogP contribution in [0.15, 0.2) is 40.9 Å². The zero-order valence-electron chi connectivity index (χ0n) is 11.8. The van der Waals surface area contributed by atoms with Gasteiger partial charge >= 0.3 is 0 Å². The summed E-state index contributed by atoms with van der Waals surface area (Å²) < 4.78 is 6.83.